The molecule has 0 aliphatic carbocycles. The molecule has 0 radical (unpaired) electrons. The molecule has 1 aromatic carbocycles. The number of halogens is 2. The first-order valence-corrected chi connectivity index (χ1v) is 12.5. The van der Waals surface area contributed by atoms with Crippen LogP contribution in [0.5, 0.6) is 0 Å². The van der Waals surface area contributed by atoms with Crippen LogP contribution < -0.4 is 11.1 Å². The van der Waals surface area contributed by atoms with Crippen molar-refractivity contribution in [1.82, 2.24) is 20.1 Å². The summed E-state index contributed by atoms with van der Waals surface area (Å²) in [6, 6.07) is 2.67. The normalized spacial score (nSPS) is 28.9. The van der Waals surface area contributed by atoms with Gasteiger partial charge in [0.2, 0.25) is 0 Å². The van der Waals surface area contributed by atoms with E-state index in [1.807, 2.05) is 5.38 Å². The summed E-state index contributed by atoms with van der Waals surface area (Å²) in [6.07, 6.45) is 1.66. The largest absolute Gasteiger partial charge is 0.466 e. The second-order valence-corrected chi connectivity index (χ2v) is 10.4. The van der Waals surface area contributed by atoms with E-state index in [0.29, 0.717) is 48.4 Å². The molecule has 3 unspecified atom stereocenters. The van der Waals surface area contributed by atoms with Crippen LogP contribution in [0.2, 0.25) is 5.02 Å². The standard InChI is InChI=1S/C23H22ClFN6O4S/c1-34-21(32)17-14(7-30-15-8-31(22(26)33)23(15)10-35-9-16(23)30)28-19(20-27-4-5-36-20)29-18(17)12-3-2-11(25)6-13(12)24/h2-6,15-16,18H,7-10H2,1H3,(H2,26,33)(H,28,29)/t15?,16?,18-,23?/m0/s1. The number of ether oxygens (including phenoxy) is 2. The van der Waals surface area contributed by atoms with E-state index in [9.17, 15) is 14.0 Å². The first kappa shape index (κ1) is 23.3. The molecule has 2 aromatic rings. The Morgan fingerprint density at radius 3 is 2.94 bits per heavy atom. The number of benzene rings is 1. The lowest BCUT2D eigenvalue weighted by Gasteiger charge is -2.71. The monoisotopic (exact) mass is 532 g/mol. The van der Waals surface area contributed by atoms with E-state index in [0.717, 1.165) is 0 Å². The number of amidine groups is 1. The minimum Gasteiger partial charge on any atom is -0.466 e. The zero-order chi connectivity index (χ0) is 25.2. The van der Waals surface area contributed by atoms with Gasteiger partial charge in [-0.05, 0) is 12.1 Å². The Hall–Kier alpha value is -3.06. The van der Waals surface area contributed by atoms with Crippen LogP contribution in [0.1, 0.15) is 16.6 Å². The van der Waals surface area contributed by atoms with Crippen molar-refractivity contribution in [2.24, 2.45) is 10.7 Å². The first-order chi connectivity index (χ1) is 17.3. The van der Waals surface area contributed by atoms with Crippen molar-refractivity contribution < 1.29 is 23.5 Å². The molecule has 3 N–H and O–H groups in total. The van der Waals surface area contributed by atoms with Crippen LogP contribution in [0.3, 0.4) is 0 Å². The number of amides is 2. The Bertz CT molecular complexity index is 1320. The van der Waals surface area contributed by atoms with Crippen molar-refractivity contribution in [2.75, 3.05) is 33.4 Å². The third kappa shape index (κ3) is 3.28. The third-order valence-electron chi connectivity index (χ3n) is 7.45. The van der Waals surface area contributed by atoms with E-state index in [1.165, 1.54) is 36.6 Å². The number of urea groups is 1. The van der Waals surface area contributed by atoms with E-state index >= 15 is 0 Å². The number of aliphatic imine (C=N–C) groups is 1. The molecule has 2 amide bonds. The number of hydrogen-bond donors (Lipinski definition) is 2. The highest BCUT2D eigenvalue weighted by Crippen LogP contribution is 2.53. The van der Waals surface area contributed by atoms with Crippen molar-refractivity contribution >= 4 is 40.8 Å². The van der Waals surface area contributed by atoms with Gasteiger partial charge in [0.25, 0.3) is 0 Å². The van der Waals surface area contributed by atoms with Crippen LogP contribution in [-0.4, -0.2) is 83.7 Å². The Kier molecular flexibility index (Phi) is 5.52. The fourth-order valence-electron chi connectivity index (χ4n) is 5.80. The van der Waals surface area contributed by atoms with Crippen molar-refractivity contribution in [3.63, 3.8) is 0 Å². The number of rotatable bonds is 5. The molecule has 4 aliphatic rings. The minimum atomic E-state index is -0.838. The Morgan fingerprint density at radius 1 is 1.42 bits per heavy atom. The maximum Gasteiger partial charge on any atom is 0.338 e. The fourth-order valence-corrected chi connectivity index (χ4v) is 6.65. The summed E-state index contributed by atoms with van der Waals surface area (Å²) in [6.45, 7) is 1.70. The van der Waals surface area contributed by atoms with Crippen molar-refractivity contribution in [3.8, 4) is 0 Å². The summed E-state index contributed by atoms with van der Waals surface area (Å²) in [4.78, 5) is 38.1. The predicted molar refractivity (Wildman–Crippen MR) is 129 cm³/mol. The van der Waals surface area contributed by atoms with Gasteiger partial charge >= 0.3 is 12.0 Å². The fraction of sp³-hybridized carbons (Fsp3) is 0.391. The maximum absolute atomic E-state index is 13.8. The lowest BCUT2D eigenvalue weighted by molar-refractivity contribution is -0.194. The van der Waals surface area contributed by atoms with Crippen LogP contribution in [0.15, 0.2) is 46.0 Å². The molecule has 188 valence electrons. The van der Waals surface area contributed by atoms with Crippen molar-refractivity contribution in [3.05, 3.63) is 62.5 Å². The number of carbonyl (C=O) groups is 2. The highest BCUT2D eigenvalue weighted by molar-refractivity contribution is 7.11. The van der Waals surface area contributed by atoms with Gasteiger partial charge in [-0.15, -0.1) is 11.3 Å². The molecule has 1 spiro atoms. The smallest absolute Gasteiger partial charge is 0.338 e. The number of nitrogens with one attached hydrogen (secondary N) is 1. The lowest BCUT2D eigenvalue weighted by Crippen LogP contribution is -2.92. The van der Waals surface area contributed by atoms with Gasteiger partial charge < -0.3 is 25.4 Å². The summed E-state index contributed by atoms with van der Waals surface area (Å²) in [5.74, 6) is -0.598. The molecule has 4 atom stereocenters. The number of thiazole rings is 1. The molecule has 13 heteroatoms. The minimum absolute atomic E-state index is 0.0423. The Balaban J connectivity index is 1.41. The lowest BCUT2D eigenvalue weighted by atomic mass is 9.65. The number of nitrogens with zero attached hydrogens (tertiary/aromatic N) is 4. The molecule has 1 aromatic heterocycles. The van der Waals surface area contributed by atoms with Gasteiger partial charge in [-0.2, -0.15) is 0 Å². The van der Waals surface area contributed by atoms with Gasteiger partial charge in [0.15, 0.2) is 10.8 Å². The van der Waals surface area contributed by atoms with Gasteiger partial charge in [-0.1, -0.05) is 17.7 Å². The van der Waals surface area contributed by atoms with Crippen LogP contribution in [0.25, 0.3) is 0 Å². The second-order valence-electron chi connectivity index (χ2n) is 9.05. The van der Waals surface area contributed by atoms with Crippen LogP contribution >= 0.6 is 22.9 Å². The van der Waals surface area contributed by atoms with Gasteiger partial charge in [0, 0.05) is 40.9 Å². The summed E-state index contributed by atoms with van der Waals surface area (Å²) in [5.41, 5.74) is 6.48. The summed E-state index contributed by atoms with van der Waals surface area (Å²) >= 11 is 7.81. The Morgan fingerprint density at radius 2 is 2.25 bits per heavy atom. The second kappa shape index (κ2) is 8.51. The number of hydrogen-bond acceptors (Lipinski definition) is 9. The van der Waals surface area contributed by atoms with Gasteiger partial charge in [0.1, 0.15) is 17.4 Å². The summed E-state index contributed by atoms with van der Waals surface area (Å²) < 4.78 is 24.7. The number of primary amides is 1. The number of nitrogens with two attached hydrogens (primary N) is 1. The van der Waals surface area contributed by atoms with Crippen molar-refractivity contribution in [1.29, 1.82) is 0 Å². The molecular weight excluding hydrogens is 511 g/mol. The highest BCUT2D eigenvalue weighted by atomic mass is 35.5. The van der Waals surface area contributed by atoms with Gasteiger partial charge in [-0.3, -0.25) is 9.89 Å². The molecule has 0 bridgehead atoms. The third-order valence-corrected chi connectivity index (χ3v) is 8.56. The zero-order valence-electron chi connectivity index (χ0n) is 19.1. The van der Waals surface area contributed by atoms with E-state index in [4.69, 9.17) is 31.8 Å². The maximum atomic E-state index is 13.8. The topological polar surface area (TPSA) is 122 Å². The first-order valence-electron chi connectivity index (χ1n) is 11.3. The highest BCUT2D eigenvalue weighted by Gasteiger charge is 2.74. The molecule has 5 heterocycles. The molecule has 10 nitrogen and oxygen atoms in total. The van der Waals surface area contributed by atoms with Crippen LogP contribution in [0, 0.1) is 5.82 Å². The van der Waals surface area contributed by atoms with E-state index in [2.05, 4.69) is 15.2 Å². The summed E-state index contributed by atoms with van der Waals surface area (Å²) in [7, 11) is 1.30. The van der Waals surface area contributed by atoms with Crippen LogP contribution in [-0.2, 0) is 14.3 Å². The zero-order valence-corrected chi connectivity index (χ0v) is 20.7. The van der Waals surface area contributed by atoms with Gasteiger partial charge in [0.05, 0.1) is 38.0 Å². The van der Waals surface area contributed by atoms with E-state index in [-0.39, 0.29) is 22.7 Å². The molecule has 3 fully saturated rings. The van der Waals surface area contributed by atoms with E-state index < -0.39 is 29.4 Å². The number of methoxy groups -OCH3 is 1. The number of aromatic nitrogens is 1. The Labute approximate surface area is 214 Å². The average Bonchev–Trinajstić information content (AvgIpc) is 3.52. The van der Waals surface area contributed by atoms with Crippen LogP contribution in [0.4, 0.5) is 9.18 Å². The van der Waals surface area contributed by atoms with E-state index in [1.54, 1.807) is 11.1 Å². The molecule has 36 heavy (non-hydrogen) atoms. The van der Waals surface area contributed by atoms with Gasteiger partial charge in [-0.25, -0.2) is 19.0 Å². The SMILES string of the molecule is COC(=O)C1=C(CN2C3COCC34C2CN4C(N)=O)NC(c2nccs2)=N[C@H]1c1ccc(F)cc1Cl. The molecular formula is C23H22ClFN6O4S. The molecule has 3 saturated heterocycles. The molecule has 0 saturated carbocycles. The molecule has 6 rings (SSSR count). The number of esters is 1. The number of carbonyl (C=O) groups excluding carboxylic acids is 2. The average molecular weight is 533 g/mol. The quantitative estimate of drug-likeness (QED) is 0.562. The molecule has 4 aliphatic heterocycles. The predicted octanol–water partition coefficient (Wildman–Crippen LogP) is 1.67. The number of likely N-dealkylation sites (tertiary alicyclic amines) is 2. The number of piperazine rings is 1. The summed E-state index contributed by atoms with van der Waals surface area (Å²) in [5, 5.41) is 5.89. The van der Waals surface area contributed by atoms with Crippen molar-refractivity contribution in [2.45, 2.75) is 23.7 Å².